The van der Waals surface area contributed by atoms with Gasteiger partial charge in [-0.3, -0.25) is 4.79 Å². The van der Waals surface area contributed by atoms with E-state index in [1.165, 1.54) is 24.3 Å². The number of aromatic hydroxyl groups is 1. The molecule has 1 amide bonds. The molecule has 0 aliphatic heterocycles. The molecular weight excluding hydrogens is 301 g/mol. The summed E-state index contributed by atoms with van der Waals surface area (Å²) in [5.41, 5.74) is 0.148. The number of phenols is 1. The van der Waals surface area contributed by atoms with E-state index >= 15 is 0 Å². The summed E-state index contributed by atoms with van der Waals surface area (Å²) in [5.74, 6) is -1.31. The van der Waals surface area contributed by atoms with E-state index in [4.69, 9.17) is 0 Å². The Kier molecular flexibility index (Phi) is 3.62. The lowest BCUT2D eigenvalue weighted by atomic mass is 10.2. The van der Waals surface area contributed by atoms with Gasteiger partial charge in [-0.15, -0.1) is 0 Å². The van der Waals surface area contributed by atoms with Gasteiger partial charge < -0.3 is 10.4 Å². The van der Waals surface area contributed by atoms with Gasteiger partial charge in [0.1, 0.15) is 5.82 Å². The van der Waals surface area contributed by atoms with Crippen molar-refractivity contribution < 1.29 is 14.3 Å². The standard InChI is InChI=1S/C13H9BrFNO2/c14-9-5-3-7-11(12(9)17)16-13(18)8-4-1-2-6-10(8)15/h1-7,17H,(H,16,18). The Morgan fingerprint density at radius 3 is 2.61 bits per heavy atom. The number of halogens is 2. The molecule has 5 heteroatoms. The maximum atomic E-state index is 13.4. The number of nitrogens with one attached hydrogen (secondary N) is 1. The van der Waals surface area contributed by atoms with Gasteiger partial charge in [-0.25, -0.2) is 4.39 Å². The van der Waals surface area contributed by atoms with Gasteiger partial charge in [0.2, 0.25) is 0 Å². The van der Waals surface area contributed by atoms with Crippen LogP contribution in [-0.4, -0.2) is 11.0 Å². The Balaban J connectivity index is 2.27. The third kappa shape index (κ3) is 2.51. The molecule has 0 unspecified atom stereocenters. The number of carbonyl (C=O) groups excluding carboxylic acids is 1. The topological polar surface area (TPSA) is 49.3 Å². The molecule has 0 radical (unpaired) electrons. The van der Waals surface area contributed by atoms with E-state index in [0.717, 1.165) is 0 Å². The number of anilines is 1. The zero-order valence-corrected chi connectivity index (χ0v) is 10.7. The van der Waals surface area contributed by atoms with Crippen molar-refractivity contribution in [2.75, 3.05) is 5.32 Å². The minimum absolute atomic E-state index is 0.0723. The first-order chi connectivity index (χ1) is 8.59. The van der Waals surface area contributed by atoms with Gasteiger partial charge in [0.15, 0.2) is 5.75 Å². The summed E-state index contributed by atoms with van der Waals surface area (Å²) < 4.78 is 13.8. The van der Waals surface area contributed by atoms with Crippen LogP contribution in [0.4, 0.5) is 10.1 Å². The van der Waals surface area contributed by atoms with Crippen molar-refractivity contribution in [2.45, 2.75) is 0 Å². The lowest BCUT2D eigenvalue weighted by molar-refractivity contribution is 0.102. The van der Waals surface area contributed by atoms with Crippen molar-refractivity contribution in [3.05, 3.63) is 58.3 Å². The minimum Gasteiger partial charge on any atom is -0.505 e. The van der Waals surface area contributed by atoms with E-state index in [1.807, 2.05) is 0 Å². The highest BCUT2D eigenvalue weighted by atomic mass is 79.9. The lowest BCUT2D eigenvalue weighted by Crippen LogP contribution is -2.13. The molecule has 0 heterocycles. The van der Waals surface area contributed by atoms with Gasteiger partial charge in [-0.05, 0) is 40.2 Å². The van der Waals surface area contributed by atoms with Gasteiger partial charge in [-0.1, -0.05) is 18.2 Å². The van der Waals surface area contributed by atoms with Gasteiger partial charge in [0, 0.05) is 0 Å². The molecule has 0 saturated heterocycles. The van der Waals surface area contributed by atoms with Crippen LogP contribution in [0.2, 0.25) is 0 Å². The Bertz CT molecular complexity index is 601. The van der Waals surface area contributed by atoms with Crippen LogP contribution >= 0.6 is 15.9 Å². The molecule has 2 N–H and O–H groups in total. The highest BCUT2D eigenvalue weighted by Gasteiger charge is 2.13. The zero-order chi connectivity index (χ0) is 13.1. The first kappa shape index (κ1) is 12.6. The van der Waals surface area contributed by atoms with Crippen molar-refractivity contribution in [1.82, 2.24) is 0 Å². The minimum atomic E-state index is -0.610. The van der Waals surface area contributed by atoms with Crippen molar-refractivity contribution in [1.29, 1.82) is 0 Å². The molecule has 92 valence electrons. The fraction of sp³-hybridized carbons (Fsp3) is 0. The number of hydrogen-bond acceptors (Lipinski definition) is 2. The van der Waals surface area contributed by atoms with Crippen molar-refractivity contribution >= 4 is 27.5 Å². The third-order valence-corrected chi connectivity index (χ3v) is 2.99. The normalized spacial score (nSPS) is 10.1. The monoisotopic (exact) mass is 309 g/mol. The van der Waals surface area contributed by atoms with E-state index in [0.29, 0.717) is 4.47 Å². The predicted molar refractivity (Wildman–Crippen MR) is 70.2 cm³/mol. The number of rotatable bonds is 2. The average molecular weight is 310 g/mol. The maximum Gasteiger partial charge on any atom is 0.258 e. The van der Waals surface area contributed by atoms with Crippen LogP contribution in [0.5, 0.6) is 5.75 Å². The van der Waals surface area contributed by atoms with Gasteiger partial charge in [0.25, 0.3) is 5.91 Å². The van der Waals surface area contributed by atoms with Crippen molar-refractivity contribution in [3.63, 3.8) is 0 Å². The summed E-state index contributed by atoms with van der Waals surface area (Å²) in [6, 6.07) is 10.5. The highest BCUT2D eigenvalue weighted by molar-refractivity contribution is 9.10. The molecule has 0 bridgehead atoms. The fourth-order valence-corrected chi connectivity index (χ4v) is 1.82. The molecule has 2 aromatic carbocycles. The largest absolute Gasteiger partial charge is 0.505 e. The summed E-state index contributed by atoms with van der Waals surface area (Å²) in [4.78, 5) is 11.8. The van der Waals surface area contributed by atoms with Crippen LogP contribution in [0.25, 0.3) is 0 Å². The number of carbonyl (C=O) groups is 1. The van der Waals surface area contributed by atoms with Crippen molar-refractivity contribution in [2.24, 2.45) is 0 Å². The summed E-state index contributed by atoms with van der Waals surface area (Å²) in [6.07, 6.45) is 0. The summed E-state index contributed by atoms with van der Waals surface area (Å²) in [5, 5.41) is 12.2. The van der Waals surface area contributed by atoms with Crippen LogP contribution < -0.4 is 5.32 Å². The Morgan fingerprint density at radius 2 is 1.89 bits per heavy atom. The number of hydrogen-bond donors (Lipinski definition) is 2. The Morgan fingerprint density at radius 1 is 1.17 bits per heavy atom. The molecule has 3 nitrogen and oxygen atoms in total. The van der Waals surface area contributed by atoms with Gasteiger partial charge in [-0.2, -0.15) is 0 Å². The van der Waals surface area contributed by atoms with Crippen LogP contribution in [-0.2, 0) is 0 Å². The maximum absolute atomic E-state index is 13.4. The highest BCUT2D eigenvalue weighted by Crippen LogP contribution is 2.31. The van der Waals surface area contributed by atoms with E-state index in [2.05, 4.69) is 21.2 Å². The van der Waals surface area contributed by atoms with E-state index in [9.17, 15) is 14.3 Å². The van der Waals surface area contributed by atoms with E-state index in [1.54, 1.807) is 18.2 Å². The summed E-state index contributed by atoms with van der Waals surface area (Å²) >= 11 is 3.13. The number of amides is 1. The molecular formula is C13H9BrFNO2. The van der Waals surface area contributed by atoms with Crippen LogP contribution in [0.1, 0.15) is 10.4 Å². The number of benzene rings is 2. The Hall–Kier alpha value is -1.88. The van der Waals surface area contributed by atoms with Crippen LogP contribution in [0, 0.1) is 5.82 Å². The Labute approximate surface area is 111 Å². The molecule has 0 fully saturated rings. The second kappa shape index (κ2) is 5.18. The molecule has 0 aliphatic carbocycles. The summed E-state index contributed by atoms with van der Waals surface area (Å²) in [6.45, 7) is 0. The first-order valence-corrected chi connectivity index (χ1v) is 5.92. The third-order valence-electron chi connectivity index (χ3n) is 2.35. The molecule has 0 atom stereocenters. The van der Waals surface area contributed by atoms with E-state index in [-0.39, 0.29) is 17.0 Å². The zero-order valence-electron chi connectivity index (χ0n) is 9.15. The molecule has 0 aromatic heterocycles. The molecule has 0 spiro atoms. The molecule has 2 aromatic rings. The number of phenolic OH excluding ortho intramolecular Hbond substituents is 1. The van der Waals surface area contributed by atoms with Gasteiger partial charge >= 0.3 is 0 Å². The van der Waals surface area contributed by atoms with Crippen LogP contribution in [0.15, 0.2) is 46.9 Å². The fourth-order valence-electron chi connectivity index (χ4n) is 1.45. The average Bonchev–Trinajstić information content (AvgIpc) is 2.35. The van der Waals surface area contributed by atoms with E-state index < -0.39 is 11.7 Å². The molecule has 2 rings (SSSR count). The lowest BCUT2D eigenvalue weighted by Gasteiger charge is -2.08. The molecule has 0 aliphatic rings. The smallest absolute Gasteiger partial charge is 0.258 e. The quantitative estimate of drug-likeness (QED) is 0.834. The molecule has 18 heavy (non-hydrogen) atoms. The van der Waals surface area contributed by atoms with Crippen LogP contribution in [0.3, 0.4) is 0 Å². The predicted octanol–water partition coefficient (Wildman–Crippen LogP) is 3.55. The number of para-hydroxylation sites is 1. The van der Waals surface area contributed by atoms with Crippen molar-refractivity contribution in [3.8, 4) is 5.75 Å². The first-order valence-electron chi connectivity index (χ1n) is 5.13. The SMILES string of the molecule is O=C(Nc1cccc(Br)c1O)c1ccccc1F. The second-order valence-corrected chi connectivity index (χ2v) is 4.42. The molecule has 0 saturated carbocycles. The summed E-state index contributed by atoms with van der Waals surface area (Å²) in [7, 11) is 0. The second-order valence-electron chi connectivity index (χ2n) is 3.57. The van der Waals surface area contributed by atoms with Gasteiger partial charge in [0.05, 0.1) is 15.7 Å².